The smallest absolute Gasteiger partial charge is 0.445 e. The van der Waals surface area contributed by atoms with Gasteiger partial charge in [-0.05, 0) is 12.0 Å². The SMILES string of the molecule is CCCc1ccc([B-](F)(F)F)cc1. The molecule has 0 saturated carbocycles. The maximum Gasteiger partial charge on any atom is 0.509 e. The Labute approximate surface area is 75.8 Å². The lowest BCUT2D eigenvalue weighted by Gasteiger charge is -2.14. The summed E-state index contributed by atoms with van der Waals surface area (Å²) in [6, 6.07) is 5.41. The summed E-state index contributed by atoms with van der Waals surface area (Å²) in [4.78, 5) is 0. The van der Waals surface area contributed by atoms with E-state index in [4.69, 9.17) is 0 Å². The molecule has 1 aromatic rings. The van der Waals surface area contributed by atoms with Crippen molar-refractivity contribution in [3.63, 3.8) is 0 Å². The summed E-state index contributed by atoms with van der Waals surface area (Å²) in [5, 5.41) is 0. The van der Waals surface area contributed by atoms with Crippen LogP contribution in [0.15, 0.2) is 24.3 Å². The van der Waals surface area contributed by atoms with Crippen LogP contribution in [0.4, 0.5) is 12.9 Å². The Bertz CT molecular complexity index is 263. The molecule has 13 heavy (non-hydrogen) atoms. The highest BCUT2D eigenvalue weighted by molar-refractivity contribution is 6.73. The number of hydrogen-bond acceptors (Lipinski definition) is 0. The van der Waals surface area contributed by atoms with Gasteiger partial charge in [-0.25, -0.2) is 0 Å². The summed E-state index contributed by atoms with van der Waals surface area (Å²) in [6.07, 6.45) is 1.79. The largest absolute Gasteiger partial charge is 0.509 e. The van der Waals surface area contributed by atoms with E-state index in [1.165, 1.54) is 0 Å². The Hall–Kier alpha value is -0.925. The molecule has 0 amide bonds. The van der Waals surface area contributed by atoms with Gasteiger partial charge in [-0.2, -0.15) is 0 Å². The van der Waals surface area contributed by atoms with Crippen LogP contribution in [-0.4, -0.2) is 6.98 Å². The average molecular weight is 187 g/mol. The molecule has 0 fully saturated rings. The van der Waals surface area contributed by atoms with Crippen molar-refractivity contribution in [3.8, 4) is 0 Å². The number of benzene rings is 1. The average Bonchev–Trinajstić information content (AvgIpc) is 2.04. The van der Waals surface area contributed by atoms with Gasteiger partial charge in [0.25, 0.3) is 0 Å². The van der Waals surface area contributed by atoms with Crippen molar-refractivity contribution in [1.29, 1.82) is 0 Å². The second kappa shape index (κ2) is 3.86. The second-order valence-corrected chi connectivity index (χ2v) is 3.07. The van der Waals surface area contributed by atoms with Crippen molar-refractivity contribution >= 4 is 12.4 Å². The summed E-state index contributed by atoms with van der Waals surface area (Å²) >= 11 is 0. The molecule has 0 saturated heterocycles. The van der Waals surface area contributed by atoms with Crippen molar-refractivity contribution in [2.75, 3.05) is 0 Å². The zero-order valence-corrected chi connectivity index (χ0v) is 7.43. The molecule has 4 heteroatoms. The van der Waals surface area contributed by atoms with Crippen LogP contribution in [-0.2, 0) is 6.42 Å². The highest BCUT2D eigenvalue weighted by atomic mass is 19.4. The normalized spacial score (nSPS) is 11.7. The molecule has 0 nitrogen and oxygen atoms in total. The maximum atomic E-state index is 12.2. The van der Waals surface area contributed by atoms with Crippen LogP contribution >= 0.6 is 0 Å². The van der Waals surface area contributed by atoms with E-state index in [0.717, 1.165) is 30.5 Å². The van der Waals surface area contributed by atoms with Crippen molar-refractivity contribution < 1.29 is 12.9 Å². The molecular weight excluding hydrogens is 176 g/mol. The van der Waals surface area contributed by atoms with E-state index in [0.29, 0.717) is 0 Å². The fourth-order valence-corrected chi connectivity index (χ4v) is 1.19. The minimum Gasteiger partial charge on any atom is -0.445 e. The van der Waals surface area contributed by atoms with Crippen LogP contribution in [0.25, 0.3) is 0 Å². The van der Waals surface area contributed by atoms with Gasteiger partial charge in [-0.3, -0.25) is 0 Å². The van der Waals surface area contributed by atoms with Gasteiger partial charge in [0.05, 0.1) is 0 Å². The molecule has 0 bridgehead atoms. The summed E-state index contributed by atoms with van der Waals surface area (Å²) in [5.41, 5.74) is 0.450. The fourth-order valence-electron chi connectivity index (χ4n) is 1.19. The van der Waals surface area contributed by atoms with Gasteiger partial charge in [0, 0.05) is 0 Å². The quantitative estimate of drug-likeness (QED) is 0.638. The van der Waals surface area contributed by atoms with Gasteiger partial charge >= 0.3 is 6.98 Å². The van der Waals surface area contributed by atoms with Crippen LogP contribution in [0, 0.1) is 0 Å². The van der Waals surface area contributed by atoms with Gasteiger partial charge < -0.3 is 12.9 Å². The van der Waals surface area contributed by atoms with Gasteiger partial charge in [-0.15, -0.1) is 5.46 Å². The van der Waals surface area contributed by atoms with E-state index in [2.05, 4.69) is 0 Å². The summed E-state index contributed by atoms with van der Waals surface area (Å²) < 4.78 is 36.5. The second-order valence-electron chi connectivity index (χ2n) is 3.07. The molecule has 0 N–H and O–H groups in total. The van der Waals surface area contributed by atoms with E-state index in [-0.39, 0.29) is 0 Å². The molecule has 0 aromatic heterocycles. The molecule has 0 aliphatic rings. The Balaban J connectivity index is 2.81. The predicted molar refractivity (Wildman–Crippen MR) is 49.1 cm³/mol. The Morgan fingerprint density at radius 2 is 1.62 bits per heavy atom. The molecule has 72 valence electrons. The third kappa shape index (κ3) is 2.79. The van der Waals surface area contributed by atoms with E-state index in [1.807, 2.05) is 6.92 Å². The van der Waals surface area contributed by atoms with Gasteiger partial charge in [0.1, 0.15) is 0 Å². The molecule has 0 unspecified atom stereocenters. The molecule has 0 atom stereocenters. The molecule has 0 radical (unpaired) electrons. The molecule has 0 aliphatic carbocycles. The third-order valence-corrected chi connectivity index (χ3v) is 1.90. The van der Waals surface area contributed by atoms with Crippen LogP contribution in [0.5, 0.6) is 0 Å². The van der Waals surface area contributed by atoms with Crippen molar-refractivity contribution in [3.05, 3.63) is 29.8 Å². The van der Waals surface area contributed by atoms with Crippen LogP contribution in [0.2, 0.25) is 0 Å². The summed E-state index contributed by atoms with van der Waals surface area (Å²) in [6.45, 7) is -2.83. The maximum absolute atomic E-state index is 12.2. The number of halogens is 3. The lowest BCUT2D eigenvalue weighted by atomic mass is 9.80. The zero-order chi connectivity index (χ0) is 9.90. The predicted octanol–water partition coefficient (Wildman–Crippen LogP) is 2.69. The van der Waals surface area contributed by atoms with Crippen LogP contribution < -0.4 is 5.46 Å². The third-order valence-electron chi connectivity index (χ3n) is 1.90. The minimum atomic E-state index is -4.83. The van der Waals surface area contributed by atoms with E-state index >= 15 is 0 Å². The van der Waals surface area contributed by atoms with E-state index in [1.54, 1.807) is 12.1 Å². The number of rotatable bonds is 3. The standard InChI is InChI=1S/C9H11BF3/c1-2-3-8-4-6-9(7-5-8)10(11,12)13/h4-7H,2-3H2,1H3/q-1. The van der Waals surface area contributed by atoms with E-state index in [9.17, 15) is 12.9 Å². The molecule has 0 heterocycles. The summed E-state index contributed by atoms with van der Waals surface area (Å²) in [5.74, 6) is 0. The first-order chi connectivity index (χ1) is 6.04. The van der Waals surface area contributed by atoms with Crippen LogP contribution in [0.1, 0.15) is 18.9 Å². The fraction of sp³-hybridized carbons (Fsp3) is 0.333. The Morgan fingerprint density at radius 1 is 1.08 bits per heavy atom. The highest BCUT2D eigenvalue weighted by Crippen LogP contribution is 2.10. The van der Waals surface area contributed by atoms with E-state index < -0.39 is 12.4 Å². The Kier molecular flexibility index (Phi) is 3.01. The molecule has 0 aliphatic heterocycles. The molecule has 1 aromatic carbocycles. The van der Waals surface area contributed by atoms with Gasteiger partial charge in [0.15, 0.2) is 0 Å². The lowest BCUT2D eigenvalue weighted by molar-refractivity contribution is 0.501. The first-order valence-electron chi connectivity index (χ1n) is 4.33. The molecular formula is C9H11BF3-. The van der Waals surface area contributed by atoms with Crippen molar-refractivity contribution in [2.45, 2.75) is 19.8 Å². The van der Waals surface area contributed by atoms with Gasteiger partial charge in [0.2, 0.25) is 0 Å². The number of aryl methyl sites for hydroxylation is 1. The first kappa shape index (κ1) is 10.2. The van der Waals surface area contributed by atoms with Crippen LogP contribution in [0.3, 0.4) is 0 Å². The topological polar surface area (TPSA) is 0 Å². The van der Waals surface area contributed by atoms with Gasteiger partial charge in [-0.1, -0.05) is 37.6 Å². The minimum absolute atomic E-state index is 0.514. The zero-order valence-electron chi connectivity index (χ0n) is 7.43. The molecule has 0 spiro atoms. The Morgan fingerprint density at radius 3 is 2.00 bits per heavy atom. The molecule has 1 rings (SSSR count). The number of hydrogen-bond donors (Lipinski definition) is 0. The highest BCUT2D eigenvalue weighted by Gasteiger charge is 2.24. The first-order valence-corrected chi connectivity index (χ1v) is 4.33. The lowest BCUT2D eigenvalue weighted by Crippen LogP contribution is -2.33. The monoisotopic (exact) mass is 187 g/mol. The van der Waals surface area contributed by atoms with Crippen molar-refractivity contribution in [2.24, 2.45) is 0 Å². The summed E-state index contributed by atoms with van der Waals surface area (Å²) in [7, 11) is 0. The van der Waals surface area contributed by atoms with Crippen molar-refractivity contribution in [1.82, 2.24) is 0 Å².